The van der Waals surface area contributed by atoms with Crippen molar-refractivity contribution in [2.75, 3.05) is 0 Å². The largest absolute Gasteiger partial charge is 0.310 e. The molecule has 1 saturated carbocycles. The normalized spacial score (nSPS) is 43.3. The summed E-state index contributed by atoms with van der Waals surface area (Å²) in [5.41, 5.74) is 0. The van der Waals surface area contributed by atoms with Crippen LogP contribution in [0.4, 0.5) is 8.78 Å². The van der Waals surface area contributed by atoms with Gasteiger partial charge >= 0.3 is 0 Å². The number of hydrogen-bond acceptors (Lipinski definition) is 2. The van der Waals surface area contributed by atoms with Crippen LogP contribution in [0.3, 0.4) is 0 Å². The predicted molar refractivity (Wildman–Crippen MR) is 43.7 cm³/mol. The van der Waals surface area contributed by atoms with Crippen LogP contribution in [0.1, 0.15) is 26.2 Å². The van der Waals surface area contributed by atoms with Crippen LogP contribution in [0.25, 0.3) is 0 Å². The summed E-state index contributed by atoms with van der Waals surface area (Å²) >= 11 is 0. The first kappa shape index (κ1) is 9.06. The highest BCUT2D eigenvalue weighted by molar-refractivity contribution is 5.80. The third-order valence-corrected chi connectivity index (χ3v) is 2.84. The fourth-order valence-electron chi connectivity index (χ4n) is 2.08. The predicted octanol–water partition coefficient (Wildman–Crippen LogP) is 1.35. The second-order valence-corrected chi connectivity index (χ2v) is 4.19. The molecule has 0 spiro atoms. The lowest BCUT2D eigenvalue weighted by atomic mass is 9.95. The van der Waals surface area contributed by atoms with E-state index in [0.717, 1.165) is 0 Å². The van der Waals surface area contributed by atoms with Crippen LogP contribution in [0.2, 0.25) is 0 Å². The van der Waals surface area contributed by atoms with Gasteiger partial charge in [-0.3, -0.25) is 4.79 Å². The molecule has 0 radical (unpaired) electrons. The monoisotopic (exact) mass is 189 g/mol. The summed E-state index contributed by atoms with van der Waals surface area (Å²) in [4.78, 5) is 11.1. The Hall–Kier alpha value is -0.510. The average molecular weight is 189 g/mol. The minimum absolute atomic E-state index is 0.0509. The molecule has 74 valence electrons. The number of hydrogen-bond donors (Lipinski definition) is 1. The first-order valence-electron chi connectivity index (χ1n) is 4.64. The quantitative estimate of drug-likeness (QED) is 0.674. The Kier molecular flexibility index (Phi) is 1.91. The van der Waals surface area contributed by atoms with E-state index in [1.54, 1.807) is 0 Å². The third-order valence-electron chi connectivity index (χ3n) is 2.84. The summed E-state index contributed by atoms with van der Waals surface area (Å²) in [6.45, 7) is 1.87. The fraction of sp³-hybridized carbons (Fsp3) is 0.889. The van der Waals surface area contributed by atoms with E-state index in [4.69, 9.17) is 0 Å². The highest BCUT2D eigenvalue weighted by Crippen LogP contribution is 2.51. The summed E-state index contributed by atoms with van der Waals surface area (Å²) in [5, 5.41) is 3.06. The van der Waals surface area contributed by atoms with Gasteiger partial charge in [0.2, 0.25) is 0 Å². The van der Waals surface area contributed by atoms with Crippen LogP contribution in [-0.2, 0) is 4.79 Å². The molecule has 1 saturated heterocycles. The number of nitrogens with one attached hydrogen (secondary N) is 1. The van der Waals surface area contributed by atoms with Crippen molar-refractivity contribution >= 4 is 5.78 Å². The van der Waals surface area contributed by atoms with E-state index >= 15 is 0 Å². The Morgan fingerprint density at radius 3 is 2.54 bits per heavy atom. The van der Waals surface area contributed by atoms with Gasteiger partial charge in [-0.25, -0.2) is 8.78 Å². The van der Waals surface area contributed by atoms with Gasteiger partial charge in [0.15, 0.2) is 0 Å². The number of carbonyl (C=O) groups excluding carboxylic acids is 1. The van der Waals surface area contributed by atoms with E-state index < -0.39 is 11.8 Å². The van der Waals surface area contributed by atoms with Crippen molar-refractivity contribution in [3.05, 3.63) is 0 Å². The molecule has 2 rings (SSSR count). The van der Waals surface area contributed by atoms with Crippen molar-refractivity contribution in [2.24, 2.45) is 5.92 Å². The summed E-state index contributed by atoms with van der Waals surface area (Å²) in [7, 11) is 0. The van der Waals surface area contributed by atoms with E-state index in [1.165, 1.54) is 0 Å². The van der Waals surface area contributed by atoms with Crippen molar-refractivity contribution in [1.82, 2.24) is 5.32 Å². The topological polar surface area (TPSA) is 29.1 Å². The summed E-state index contributed by atoms with van der Waals surface area (Å²) < 4.78 is 25.4. The lowest BCUT2D eigenvalue weighted by Gasteiger charge is -2.27. The van der Waals surface area contributed by atoms with Gasteiger partial charge in [-0.05, 0) is 6.92 Å². The summed E-state index contributed by atoms with van der Waals surface area (Å²) in [6.07, 6.45) is 0.712. The molecule has 2 nitrogen and oxygen atoms in total. The SMILES string of the molecule is CC1CC(=O)CC(C2CC2(F)F)N1. The Morgan fingerprint density at radius 1 is 1.46 bits per heavy atom. The van der Waals surface area contributed by atoms with Crippen molar-refractivity contribution in [3.63, 3.8) is 0 Å². The summed E-state index contributed by atoms with van der Waals surface area (Å²) in [6, 6.07) is -0.228. The van der Waals surface area contributed by atoms with E-state index in [-0.39, 0.29) is 30.7 Å². The van der Waals surface area contributed by atoms with Gasteiger partial charge in [0.05, 0.1) is 0 Å². The molecule has 1 heterocycles. The van der Waals surface area contributed by atoms with Crippen LogP contribution in [0.15, 0.2) is 0 Å². The molecule has 1 aliphatic carbocycles. The number of rotatable bonds is 1. The molecule has 0 aromatic rings. The molecule has 1 N–H and O–H groups in total. The zero-order chi connectivity index (χ0) is 9.64. The Bertz CT molecular complexity index is 242. The van der Waals surface area contributed by atoms with Gasteiger partial charge in [0.25, 0.3) is 5.92 Å². The second-order valence-electron chi connectivity index (χ2n) is 4.19. The smallest absolute Gasteiger partial charge is 0.253 e. The van der Waals surface area contributed by atoms with Gasteiger partial charge in [0, 0.05) is 37.3 Å². The van der Waals surface area contributed by atoms with Gasteiger partial charge in [-0.15, -0.1) is 0 Å². The number of carbonyl (C=O) groups is 1. The lowest BCUT2D eigenvalue weighted by Crippen LogP contribution is -2.46. The standard InChI is InChI=1S/C9H13F2NO/c1-5-2-6(13)3-8(12-5)7-4-9(7,10)11/h5,7-8,12H,2-4H2,1H3. The number of halogens is 2. The zero-order valence-electron chi connectivity index (χ0n) is 7.52. The molecular weight excluding hydrogens is 176 g/mol. The minimum Gasteiger partial charge on any atom is -0.310 e. The van der Waals surface area contributed by atoms with Gasteiger partial charge in [-0.1, -0.05) is 0 Å². The second kappa shape index (κ2) is 2.74. The van der Waals surface area contributed by atoms with E-state index in [9.17, 15) is 13.6 Å². The number of alkyl halides is 2. The molecule has 0 amide bonds. The minimum atomic E-state index is -2.52. The van der Waals surface area contributed by atoms with E-state index in [1.807, 2.05) is 6.92 Å². The molecule has 13 heavy (non-hydrogen) atoms. The molecule has 2 aliphatic rings. The van der Waals surface area contributed by atoms with Crippen molar-refractivity contribution < 1.29 is 13.6 Å². The first-order chi connectivity index (χ1) is 5.99. The van der Waals surface area contributed by atoms with Crippen LogP contribution in [-0.4, -0.2) is 23.8 Å². The van der Waals surface area contributed by atoms with Gasteiger partial charge < -0.3 is 5.32 Å². The fourth-order valence-corrected chi connectivity index (χ4v) is 2.08. The molecule has 2 fully saturated rings. The van der Waals surface area contributed by atoms with Crippen molar-refractivity contribution in [2.45, 2.75) is 44.2 Å². The molecule has 0 bridgehead atoms. The molecule has 4 heteroatoms. The van der Waals surface area contributed by atoms with Gasteiger partial charge in [0.1, 0.15) is 5.78 Å². The van der Waals surface area contributed by atoms with Gasteiger partial charge in [-0.2, -0.15) is 0 Å². The first-order valence-corrected chi connectivity index (χ1v) is 4.64. The van der Waals surface area contributed by atoms with E-state index in [2.05, 4.69) is 5.32 Å². The number of ketones is 1. The molecule has 1 aliphatic heterocycles. The Balaban J connectivity index is 1.97. The lowest BCUT2D eigenvalue weighted by molar-refractivity contribution is -0.121. The highest BCUT2D eigenvalue weighted by atomic mass is 19.3. The zero-order valence-corrected chi connectivity index (χ0v) is 7.52. The third kappa shape index (κ3) is 1.73. The van der Waals surface area contributed by atoms with Crippen LogP contribution < -0.4 is 5.32 Å². The van der Waals surface area contributed by atoms with E-state index in [0.29, 0.717) is 6.42 Å². The molecule has 0 aromatic heterocycles. The maximum atomic E-state index is 12.7. The van der Waals surface area contributed by atoms with Crippen molar-refractivity contribution in [3.8, 4) is 0 Å². The highest BCUT2D eigenvalue weighted by Gasteiger charge is 2.60. The van der Waals surface area contributed by atoms with Crippen LogP contribution in [0.5, 0.6) is 0 Å². The average Bonchev–Trinajstić information content (AvgIpc) is 2.57. The molecule has 3 unspecified atom stereocenters. The van der Waals surface area contributed by atoms with Crippen LogP contribution in [0, 0.1) is 5.92 Å². The Labute approximate surface area is 75.7 Å². The maximum Gasteiger partial charge on any atom is 0.253 e. The molecule has 0 aromatic carbocycles. The molecule has 3 atom stereocenters. The summed E-state index contributed by atoms with van der Waals surface area (Å²) in [5.74, 6) is -3.01. The molecular formula is C9H13F2NO. The van der Waals surface area contributed by atoms with Crippen LogP contribution >= 0.6 is 0 Å². The van der Waals surface area contributed by atoms with Crippen molar-refractivity contribution in [1.29, 1.82) is 0 Å². The Morgan fingerprint density at radius 2 is 2.08 bits per heavy atom. The maximum absolute atomic E-state index is 12.7. The number of Topliss-reactive ketones (excluding diaryl/α,β-unsaturated/α-hetero) is 1. The number of piperidine rings is 1.